The van der Waals surface area contributed by atoms with Gasteiger partial charge in [0.15, 0.2) is 11.5 Å². The van der Waals surface area contributed by atoms with Gasteiger partial charge in [-0.3, -0.25) is 4.79 Å². The van der Waals surface area contributed by atoms with Gasteiger partial charge in [-0.1, -0.05) is 18.2 Å². The van der Waals surface area contributed by atoms with E-state index in [1.54, 1.807) is 30.3 Å². The Morgan fingerprint density at radius 3 is 2.54 bits per heavy atom. The van der Waals surface area contributed by atoms with E-state index in [2.05, 4.69) is 5.32 Å². The fourth-order valence-corrected chi connectivity index (χ4v) is 2.04. The molecule has 0 heterocycles. The lowest BCUT2D eigenvalue weighted by Gasteiger charge is -2.09. The lowest BCUT2D eigenvalue weighted by Crippen LogP contribution is -2.14. The van der Waals surface area contributed by atoms with Crippen LogP contribution in [0.3, 0.4) is 0 Å². The number of ether oxygens (including phenoxy) is 2. The molecule has 0 saturated carbocycles. The second-order valence-electron chi connectivity index (χ2n) is 4.76. The van der Waals surface area contributed by atoms with Gasteiger partial charge in [0, 0.05) is 0 Å². The van der Waals surface area contributed by atoms with E-state index >= 15 is 0 Å². The molecule has 0 unspecified atom stereocenters. The average Bonchev–Trinajstić information content (AvgIpc) is 2.61. The summed E-state index contributed by atoms with van der Waals surface area (Å²) >= 11 is 0. The van der Waals surface area contributed by atoms with E-state index in [0.717, 1.165) is 0 Å². The molecule has 6 nitrogen and oxygen atoms in total. The summed E-state index contributed by atoms with van der Waals surface area (Å²) in [7, 11) is 2.91. The van der Waals surface area contributed by atoms with E-state index in [-0.39, 0.29) is 17.1 Å². The number of phenolic OH excluding ortho intramolecular Hbond substituents is 1. The number of para-hydroxylation sites is 2. The molecule has 2 rings (SSSR count). The van der Waals surface area contributed by atoms with Gasteiger partial charge in [-0.25, -0.2) is 0 Å². The molecule has 0 spiro atoms. The lowest BCUT2D eigenvalue weighted by molar-refractivity contribution is -0.112. The van der Waals surface area contributed by atoms with Gasteiger partial charge in [-0.15, -0.1) is 0 Å². The Hall–Kier alpha value is -3.46. The van der Waals surface area contributed by atoms with Crippen molar-refractivity contribution in [2.24, 2.45) is 0 Å². The van der Waals surface area contributed by atoms with Crippen molar-refractivity contribution >= 4 is 17.7 Å². The van der Waals surface area contributed by atoms with Crippen LogP contribution < -0.4 is 14.8 Å². The van der Waals surface area contributed by atoms with Gasteiger partial charge >= 0.3 is 0 Å². The highest BCUT2D eigenvalue weighted by Crippen LogP contribution is 2.28. The Labute approximate surface area is 139 Å². The van der Waals surface area contributed by atoms with E-state index in [1.165, 1.54) is 32.4 Å². The van der Waals surface area contributed by atoms with Gasteiger partial charge in [-0.2, -0.15) is 5.26 Å². The minimum Gasteiger partial charge on any atom is -0.504 e. The Kier molecular flexibility index (Phi) is 5.42. The minimum absolute atomic E-state index is 0.0216. The maximum absolute atomic E-state index is 12.3. The maximum atomic E-state index is 12.3. The molecule has 1 amide bonds. The summed E-state index contributed by atoms with van der Waals surface area (Å²) < 4.78 is 10.2. The molecule has 6 heteroatoms. The molecule has 24 heavy (non-hydrogen) atoms. The highest BCUT2D eigenvalue weighted by atomic mass is 16.5. The van der Waals surface area contributed by atoms with Crippen LogP contribution in [0.4, 0.5) is 5.69 Å². The standard InChI is InChI=1S/C18H16N2O4/c1-23-16-6-4-3-5-14(16)20-18(22)13(11-19)9-12-7-8-15(21)17(10-12)24-2/h3-10,21H,1-2H3,(H,20,22). The molecule has 0 bridgehead atoms. The summed E-state index contributed by atoms with van der Waals surface area (Å²) in [6.07, 6.45) is 1.41. The molecule has 0 aliphatic heterocycles. The van der Waals surface area contributed by atoms with Crippen LogP contribution in [-0.4, -0.2) is 25.2 Å². The molecule has 0 aliphatic carbocycles. The second kappa shape index (κ2) is 7.70. The largest absolute Gasteiger partial charge is 0.504 e. The molecule has 0 saturated heterocycles. The summed E-state index contributed by atoms with van der Waals surface area (Å²) in [6.45, 7) is 0. The number of aromatic hydroxyl groups is 1. The number of nitrogens with one attached hydrogen (secondary N) is 1. The topological polar surface area (TPSA) is 91.6 Å². The number of anilines is 1. The van der Waals surface area contributed by atoms with Crippen LogP contribution in [0.25, 0.3) is 6.08 Å². The monoisotopic (exact) mass is 324 g/mol. The zero-order chi connectivity index (χ0) is 17.5. The van der Waals surface area contributed by atoms with Gasteiger partial charge < -0.3 is 19.9 Å². The Morgan fingerprint density at radius 1 is 1.17 bits per heavy atom. The molecular formula is C18H16N2O4. The van der Waals surface area contributed by atoms with Crippen LogP contribution in [-0.2, 0) is 4.79 Å². The summed E-state index contributed by atoms with van der Waals surface area (Å²) in [5.74, 6) is 0.168. The third-order valence-corrected chi connectivity index (χ3v) is 3.24. The van der Waals surface area contributed by atoms with Gasteiger partial charge in [0.1, 0.15) is 17.4 Å². The van der Waals surface area contributed by atoms with Crippen molar-refractivity contribution in [2.75, 3.05) is 19.5 Å². The number of carbonyl (C=O) groups is 1. The first-order valence-electron chi connectivity index (χ1n) is 7.02. The number of hydrogen-bond donors (Lipinski definition) is 2. The van der Waals surface area contributed by atoms with Crippen molar-refractivity contribution < 1.29 is 19.4 Å². The smallest absolute Gasteiger partial charge is 0.266 e. The molecule has 122 valence electrons. The quantitative estimate of drug-likeness (QED) is 0.652. The highest BCUT2D eigenvalue weighted by Gasteiger charge is 2.12. The fourth-order valence-electron chi connectivity index (χ4n) is 2.04. The molecule has 0 fully saturated rings. The number of hydrogen-bond acceptors (Lipinski definition) is 5. The van der Waals surface area contributed by atoms with Crippen LogP contribution in [0.2, 0.25) is 0 Å². The van der Waals surface area contributed by atoms with Crippen LogP contribution in [0.5, 0.6) is 17.2 Å². The zero-order valence-electron chi connectivity index (χ0n) is 13.2. The predicted octanol–water partition coefficient (Wildman–Crippen LogP) is 2.96. The number of carbonyl (C=O) groups excluding carboxylic acids is 1. The first-order chi connectivity index (χ1) is 11.6. The van der Waals surface area contributed by atoms with Crippen molar-refractivity contribution in [1.29, 1.82) is 5.26 Å². The average molecular weight is 324 g/mol. The maximum Gasteiger partial charge on any atom is 0.266 e. The third-order valence-electron chi connectivity index (χ3n) is 3.24. The Bertz CT molecular complexity index is 822. The van der Waals surface area contributed by atoms with E-state index in [0.29, 0.717) is 17.0 Å². The molecule has 0 aliphatic rings. The van der Waals surface area contributed by atoms with Crippen molar-refractivity contribution in [3.63, 3.8) is 0 Å². The van der Waals surface area contributed by atoms with Crippen molar-refractivity contribution in [2.45, 2.75) is 0 Å². The van der Waals surface area contributed by atoms with Crippen molar-refractivity contribution in [3.05, 3.63) is 53.6 Å². The number of amides is 1. The Morgan fingerprint density at radius 2 is 1.88 bits per heavy atom. The van der Waals surface area contributed by atoms with E-state index in [1.807, 2.05) is 6.07 Å². The number of nitriles is 1. The van der Waals surface area contributed by atoms with Gasteiger partial charge in [0.2, 0.25) is 0 Å². The molecule has 2 aromatic rings. The second-order valence-corrected chi connectivity index (χ2v) is 4.76. The Balaban J connectivity index is 2.27. The normalized spacial score (nSPS) is 10.6. The van der Waals surface area contributed by atoms with Gasteiger partial charge in [0.25, 0.3) is 5.91 Å². The molecule has 2 N–H and O–H groups in total. The van der Waals surface area contributed by atoms with E-state index < -0.39 is 5.91 Å². The summed E-state index contributed by atoms with van der Waals surface area (Å²) in [5.41, 5.74) is 0.930. The summed E-state index contributed by atoms with van der Waals surface area (Å²) in [6, 6.07) is 13.3. The molecule has 0 radical (unpaired) electrons. The van der Waals surface area contributed by atoms with Crippen LogP contribution in [0, 0.1) is 11.3 Å². The highest BCUT2D eigenvalue weighted by molar-refractivity contribution is 6.10. The van der Waals surface area contributed by atoms with E-state index in [4.69, 9.17) is 9.47 Å². The summed E-state index contributed by atoms with van der Waals surface area (Å²) in [4.78, 5) is 12.3. The van der Waals surface area contributed by atoms with Crippen LogP contribution in [0.1, 0.15) is 5.56 Å². The van der Waals surface area contributed by atoms with Gasteiger partial charge in [0.05, 0.1) is 19.9 Å². The van der Waals surface area contributed by atoms with Crippen LogP contribution >= 0.6 is 0 Å². The number of methoxy groups -OCH3 is 2. The predicted molar refractivity (Wildman–Crippen MR) is 89.9 cm³/mol. The molecular weight excluding hydrogens is 308 g/mol. The minimum atomic E-state index is -0.561. The molecule has 2 aromatic carbocycles. The first-order valence-corrected chi connectivity index (χ1v) is 7.02. The summed E-state index contributed by atoms with van der Waals surface area (Å²) in [5, 5.41) is 21.5. The number of phenols is 1. The fraction of sp³-hybridized carbons (Fsp3) is 0.111. The number of nitrogens with zero attached hydrogens (tertiary/aromatic N) is 1. The molecule has 0 atom stereocenters. The van der Waals surface area contributed by atoms with Crippen molar-refractivity contribution in [1.82, 2.24) is 0 Å². The zero-order valence-corrected chi connectivity index (χ0v) is 13.2. The van der Waals surface area contributed by atoms with Gasteiger partial charge in [-0.05, 0) is 35.9 Å². The number of benzene rings is 2. The molecule has 0 aromatic heterocycles. The SMILES string of the molecule is COc1cc(C=C(C#N)C(=O)Nc2ccccc2OC)ccc1O. The van der Waals surface area contributed by atoms with Crippen LogP contribution in [0.15, 0.2) is 48.0 Å². The lowest BCUT2D eigenvalue weighted by atomic mass is 10.1. The first kappa shape index (κ1) is 16.9. The third kappa shape index (κ3) is 3.84. The van der Waals surface area contributed by atoms with E-state index in [9.17, 15) is 15.2 Å². The number of rotatable bonds is 5. The van der Waals surface area contributed by atoms with Crippen molar-refractivity contribution in [3.8, 4) is 23.3 Å².